The van der Waals surface area contributed by atoms with Gasteiger partial charge in [-0.05, 0) is 117 Å². The van der Waals surface area contributed by atoms with E-state index in [1.54, 1.807) is 0 Å². The number of nitrogens with zero attached hydrogens (tertiary/aromatic N) is 4. The maximum atomic E-state index is 8.63. The number of furan rings is 1. The van der Waals surface area contributed by atoms with E-state index in [1.807, 2.05) is 73.7 Å². The predicted molar refractivity (Wildman–Crippen MR) is 310 cm³/mol. The Morgan fingerprint density at radius 2 is 1.03 bits per heavy atom. The molecule has 0 amide bonds. The third kappa shape index (κ3) is 9.36. The van der Waals surface area contributed by atoms with Crippen molar-refractivity contribution in [3.05, 3.63) is 228 Å². The van der Waals surface area contributed by atoms with Crippen LogP contribution in [0.2, 0.25) is 0 Å². The minimum atomic E-state index is -0.416. The standard InChI is InChI=1S/C44H37N2O.C25H25N2.Ir/c1-27(2)37-25-32(30-15-8-6-9-16-30)26-38(28(3)4)41(37)46-40-22-13-12-21-39(40)45-44(46)36-20-14-19-34-35-24-23-33(31-17-10-7-11-18-31)29(5)42(35)47-43(34)36;1-17(2)20-13-10-14-21(18(3)4)24(20)27-23-16-9-8-15-22(23)26-25(27)19-11-6-5-7-12-19;/h6-19,21-28H,1-5H3;5-11,13-18H,1-4H3;/q2*-1;/i7D,10D,11D,17D,18D;;. The fourth-order valence-corrected chi connectivity index (χ4v) is 10.5. The SMILES string of the molecule is CC(C)c1cccc(C(C)C)c1-n1c(-c2[c-]cccc2)nc2ccccc21.[2H]c1c([2H])c([2H])c(-c2ccc3c(oc4c(-c5nc6ccccc6n5-c5c(C(C)C)cc(-c6ccccc6)cc5C(C)C)[c-]ccc43)c2C)c([2H])c1[2H].[Ir]. The van der Waals surface area contributed by atoms with Crippen molar-refractivity contribution in [2.45, 2.75) is 86.0 Å². The summed E-state index contributed by atoms with van der Waals surface area (Å²) in [7, 11) is 0. The monoisotopic (exact) mass is 1160 g/mol. The largest absolute Gasteiger partial charge is 0.500 e. The number of fused-ring (bicyclic) bond motifs is 5. The molecule has 3 heterocycles. The molecule has 0 saturated heterocycles. The Bertz CT molecular complexity index is 4210. The molecular weight excluding hydrogens is 1090 g/mol. The average Bonchev–Trinajstić information content (AvgIpc) is 4.31. The molecule has 0 saturated carbocycles. The zero-order valence-electron chi connectivity index (χ0n) is 48.9. The van der Waals surface area contributed by atoms with Crippen LogP contribution < -0.4 is 0 Å². The van der Waals surface area contributed by atoms with Crippen molar-refractivity contribution >= 4 is 44.0 Å². The molecule has 0 aliphatic carbocycles. The molecule has 0 unspecified atom stereocenters. The molecule has 0 N–H and O–H groups in total. The van der Waals surface area contributed by atoms with Gasteiger partial charge in [0.2, 0.25) is 0 Å². The summed E-state index contributed by atoms with van der Waals surface area (Å²) in [6.07, 6.45) is 0. The van der Waals surface area contributed by atoms with E-state index in [4.69, 9.17) is 21.2 Å². The molecule has 6 heteroatoms. The summed E-state index contributed by atoms with van der Waals surface area (Å²) in [5.41, 5.74) is 18.1. The minimum Gasteiger partial charge on any atom is -0.500 e. The Hall–Kier alpha value is -7.63. The van der Waals surface area contributed by atoms with Crippen molar-refractivity contribution in [2.75, 3.05) is 0 Å². The summed E-state index contributed by atoms with van der Waals surface area (Å²) in [4.78, 5) is 10.3. The van der Waals surface area contributed by atoms with Crippen molar-refractivity contribution < 1.29 is 31.4 Å². The third-order valence-electron chi connectivity index (χ3n) is 14.2. The van der Waals surface area contributed by atoms with E-state index >= 15 is 0 Å². The Labute approximate surface area is 462 Å². The Morgan fingerprint density at radius 1 is 0.480 bits per heavy atom. The molecule has 12 rings (SSSR count). The Morgan fingerprint density at radius 3 is 1.63 bits per heavy atom. The van der Waals surface area contributed by atoms with Gasteiger partial charge in [-0.2, -0.15) is 0 Å². The van der Waals surface area contributed by atoms with E-state index in [2.05, 4.69) is 168 Å². The molecule has 0 aliphatic rings. The molecule has 375 valence electrons. The summed E-state index contributed by atoms with van der Waals surface area (Å²) in [5, 5.41) is 1.74. The maximum absolute atomic E-state index is 8.63. The van der Waals surface area contributed by atoms with Gasteiger partial charge in [-0.15, -0.1) is 54.1 Å². The predicted octanol–water partition coefficient (Wildman–Crippen LogP) is 19.0. The minimum absolute atomic E-state index is 0. The first-order valence-electron chi connectivity index (χ1n) is 28.3. The number of benzene rings is 9. The van der Waals surface area contributed by atoms with Crippen LogP contribution in [0.1, 0.15) is 114 Å². The molecule has 3 aromatic heterocycles. The van der Waals surface area contributed by atoms with Crippen LogP contribution in [0.4, 0.5) is 0 Å². The quantitative estimate of drug-likeness (QED) is 0.128. The fraction of sp³-hybridized carbons (Fsp3) is 0.188. The first kappa shape index (κ1) is 44.8. The van der Waals surface area contributed by atoms with Gasteiger partial charge in [0.1, 0.15) is 5.58 Å². The number of aromatic nitrogens is 4. The summed E-state index contributed by atoms with van der Waals surface area (Å²) in [5.74, 6) is 2.93. The molecule has 0 bridgehead atoms. The van der Waals surface area contributed by atoms with E-state index < -0.39 is 6.04 Å². The first-order chi connectivity index (χ1) is 38.0. The molecule has 5 nitrogen and oxygen atoms in total. The van der Waals surface area contributed by atoms with Crippen LogP contribution in [0.3, 0.4) is 0 Å². The normalized spacial score (nSPS) is 12.6. The van der Waals surface area contributed by atoms with Gasteiger partial charge in [0.15, 0.2) is 0 Å². The molecule has 0 aliphatic heterocycles. The molecule has 0 fully saturated rings. The molecule has 0 atom stereocenters. The van der Waals surface area contributed by atoms with Crippen LogP contribution in [0.5, 0.6) is 0 Å². The number of imidazole rings is 2. The summed E-state index contributed by atoms with van der Waals surface area (Å²) < 4.78 is 53.2. The molecule has 1 radical (unpaired) electrons. The van der Waals surface area contributed by atoms with Crippen molar-refractivity contribution in [3.8, 4) is 56.4 Å². The van der Waals surface area contributed by atoms with Gasteiger partial charge in [-0.1, -0.05) is 181 Å². The van der Waals surface area contributed by atoms with Crippen LogP contribution in [-0.2, 0) is 20.1 Å². The van der Waals surface area contributed by atoms with Crippen LogP contribution in [0.25, 0.3) is 100 Å². The maximum Gasteiger partial charge on any atom is 0.124 e. The van der Waals surface area contributed by atoms with E-state index in [-0.39, 0.29) is 61.7 Å². The third-order valence-corrected chi connectivity index (χ3v) is 14.2. The summed E-state index contributed by atoms with van der Waals surface area (Å²) in [6.45, 7) is 19.9. The fourth-order valence-electron chi connectivity index (χ4n) is 10.5. The summed E-state index contributed by atoms with van der Waals surface area (Å²) in [6, 6.07) is 59.3. The van der Waals surface area contributed by atoms with E-state index in [0.717, 1.165) is 49.9 Å². The van der Waals surface area contributed by atoms with Gasteiger partial charge in [0, 0.05) is 36.9 Å². The van der Waals surface area contributed by atoms with Crippen molar-refractivity contribution in [1.82, 2.24) is 19.1 Å². The topological polar surface area (TPSA) is 48.8 Å². The zero-order chi connectivity index (χ0) is 55.6. The molecule has 75 heavy (non-hydrogen) atoms. The first-order valence-corrected chi connectivity index (χ1v) is 25.8. The molecule has 12 aromatic rings. The van der Waals surface area contributed by atoms with Gasteiger partial charge >= 0.3 is 0 Å². The number of para-hydroxylation sites is 5. The van der Waals surface area contributed by atoms with E-state index in [9.17, 15) is 0 Å². The zero-order valence-corrected chi connectivity index (χ0v) is 46.2. The smallest absolute Gasteiger partial charge is 0.124 e. The van der Waals surface area contributed by atoms with Gasteiger partial charge in [0.05, 0.1) is 46.2 Å². The van der Waals surface area contributed by atoms with Crippen LogP contribution in [-0.4, -0.2) is 19.1 Å². The van der Waals surface area contributed by atoms with Crippen LogP contribution in [0, 0.1) is 19.1 Å². The average molecular weight is 1160 g/mol. The van der Waals surface area contributed by atoms with Gasteiger partial charge < -0.3 is 13.6 Å². The summed E-state index contributed by atoms with van der Waals surface area (Å²) >= 11 is 0. The van der Waals surface area contributed by atoms with Crippen molar-refractivity contribution in [2.24, 2.45) is 0 Å². The Balaban J connectivity index is 0.000000216. The van der Waals surface area contributed by atoms with Crippen molar-refractivity contribution in [3.63, 3.8) is 0 Å². The van der Waals surface area contributed by atoms with Gasteiger partial charge in [-0.3, -0.25) is 9.97 Å². The Kier molecular flexibility index (Phi) is 12.7. The second-order valence-corrected chi connectivity index (χ2v) is 20.4. The second kappa shape index (κ2) is 21.3. The van der Waals surface area contributed by atoms with Gasteiger partial charge in [0.25, 0.3) is 0 Å². The van der Waals surface area contributed by atoms with Crippen LogP contribution in [0.15, 0.2) is 192 Å². The number of aryl methyl sites for hydroxylation is 1. The van der Waals surface area contributed by atoms with Crippen LogP contribution >= 0.6 is 0 Å². The molecular formula is C69H62IrN4O-2. The second-order valence-electron chi connectivity index (χ2n) is 20.4. The number of hydrogen-bond acceptors (Lipinski definition) is 3. The van der Waals surface area contributed by atoms with Gasteiger partial charge in [-0.25, -0.2) is 0 Å². The number of rotatable bonds is 10. The molecule has 9 aromatic carbocycles. The van der Waals surface area contributed by atoms with E-state index in [1.165, 1.54) is 39.1 Å². The van der Waals surface area contributed by atoms with E-state index in [0.29, 0.717) is 45.5 Å². The molecule has 0 spiro atoms. The number of hydrogen-bond donors (Lipinski definition) is 0. The van der Waals surface area contributed by atoms with Crippen molar-refractivity contribution in [1.29, 1.82) is 0 Å².